The Morgan fingerprint density at radius 1 is 1.32 bits per heavy atom. The number of pyridine rings is 1. The van der Waals surface area contributed by atoms with Crippen molar-refractivity contribution in [1.82, 2.24) is 20.2 Å². The van der Waals surface area contributed by atoms with Crippen molar-refractivity contribution in [3.8, 4) is 10.4 Å². The molecule has 0 spiro atoms. The number of carbonyl (C=O) groups excluding carboxylic acids is 2. The number of alkyl halides is 2. The number of aliphatic hydroxyl groups excluding tert-OH is 1. The fourth-order valence-electron chi connectivity index (χ4n) is 4.29. The van der Waals surface area contributed by atoms with E-state index >= 15 is 0 Å². The predicted octanol–water partition coefficient (Wildman–Crippen LogP) is 3.46. The molecule has 34 heavy (non-hydrogen) atoms. The van der Waals surface area contributed by atoms with Gasteiger partial charge < -0.3 is 20.6 Å². The van der Waals surface area contributed by atoms with Crippen molar-refractivity contribution >= 4 is 29.0 Å². The van der Waals surface area contributed by atoms with Gasteiger partial charge in [0.25, 0.3) is 17.7 Å². The molecule has 2 amide bonds. The second-order valence-corrected chi connectivity index (χ2v) is 10.5. The van der Waals surface area contributed by atoms with Crippen molar-refractivity contribution in [3.05, 3.63) is 28.5 Å². The van der Waals surface area contributed by atoms with Crippen LogP contribution in [0.4, 0.5) is 14.6 Å². The summed E-state index contributed by atoms with van der Waals surface area (Å²) in [6.45, 7) is 6.74. The van der Waals surface area contributed by atoms with Gasteiger partial charge in [0.05, 0.1) is 17.5 Å². The second kappa shape index (κ2) is 9.18. The Morgan fingerprint density at radius 3 is 2.59 bits per heavy atom. The number of halogens is 2. The van der Waals surface area contributed by atoms with E-state index < -0.39 is 42.8 Å². The van der Waals surface area contributed by atoms with Gasteiger partial charge in [-0.15, -0.1) is 11.3 Å². The van der Waals surface area contributed by atoms with Gasteiger partial charge in [-0.25, -0.2) is 18.7 Å². The monoisotopic (exact) mass is 493 g/mol. The van der Waals surface area contributed by atoms with E-state index in [-0.39, 0.29) is 22.8 Å². The van der Waals surface area contributed by atoms with Crippen molar-refractivity contribution in [2.45, 2.75) is 77.1 Å². The number of hydrogen-bond donors (Lipinski definition) is 3. The van der Waals surface area contributed by atoms with Gasteiger partial charge in [-0.1, -0.05) is 0 Å². The van der Waals surface area contributed by atoms with Crippen LogP contribution < -0.4 is 10.6 Å². The number of nitrogens with one attached hydrogen (secondary N) is 2. The highest BCUT2D eigenvalue weighted by Gasteiger charge is 2.46. The minimum Gasteiger partial charge on any atom is -0.393 e. The van der Waals surface area contributed by atoms with E-state index in [1.165, 1.54) is 0 Å². The molecular formula is C23H29F2N5O3S. The molecule has 2 aromatic heterocycles. The highest BCUT2D eigenvalue weighted by atomic mass is 32.1. The number of anilines is 1. The van der Waals surface area contributed by atoms with Gasteiger partial charge in [-0.05, 0) is 52.2 Å². The highest BCUT2D eigenvalue weighted by Crippen LogP contribution is 2.37. The summed E-state index contributed by atoms with van der Waals surface area (Å²) in [6.07, 6.45) is 1.69. The molecule has 1 aliphatic carbocycles. The van der Waals surface area contributed by atoms with E-state index in [1.54, 1.807) is 13.1 Å². The SMILES string of the molecule is Cc1cc(NC(C)C)ncc1-c1sc(C(=O)N[C@H]2C[C@H](O)C2)nc1C(=O)N1CC(F)(F)C[C@@H]1C. The van der Waals surface area contributed by atoms with E-state index in [9.17, 15) is 23.5 Å². The lowest BCUT2D eigenvalue weighted by Crippen LogP contribution is -2.46. The molecule has 2 aliphatic rings. The molecule has 8 nitrogen and oxygen atoms in total. The standard InChI is InChI=1S/C23H29F2N5O3S/c1-11(2)27-17-5-12(3)16(9-26-17)19-18(22(33)30-10-23(24,25)8-13(30)4)29-21(34-19)20(32)28-14-6-15(31)7-14/h5,9,11,13-15,31H,6-8,10H2,1-4H3,(H,26,27)(H,28,32)/t13-,14-,15-/m0/s1. The van der Waals surface area contributed by atoms with Crippen molar-refractivity contribution in [1.29, 1.82) is 0 Å². The van der Waals surface area contributed by atoms with Crippen molar-refractivity contribution in [3.63, 3.8) is 0 Å². The lowest BCUT2D eigenvalue weighted by Gasteiger charge is -2.31. The Kier molecular flexibility index (Phi) is 6.61. The van der Waals surface area contributed by atoms with Gasteiger partial charge in [0.15, 0.2) is 5.01 Å². The zero-order valence-corrected chi connectivity index (χ0v) is 20.4. The largest absolute Gasteiger partial charge is 0.393 e. The molecule has 1 saturated carbocycles. The number of hydrogen-bond acceptors (Lipinski definition) is 7. The summed E-state index contributed by atoms with van der Waals surface area (Å²) < 4.78 is 28.0. The van der Waals surface area contributed by atoms with Crippen molar-refractivity contribution in [2.24, 2.45) is 0 Å². The first-order valence-electron chi connectivity index (χ1n) is 11.4. The molecule has 0 unspecified atom stereocenters. The third-order valence-corrected chi connectivity index (χ3v) is 7.14. The molecule has 3 heterocycles. The fraction of sp³-hybridized carbons (Fsp3) is 0.565. The Labute approximate surface area is 200 Å². The van der Waals surface area contributed by atoms with E-state index in [0.717, 1.165) is 21.8 Å². The molecule has 0 bridgehead atoms. The normalized spacial score (nSPS) is 23.6. The molecule has 184 valence electrons. The smallest absolute Gasteiger partial charge is 0.280 e. The van der Waals surface area contributed by atoms with Crippen LogP contribution in [0.2, 0.25) is 0 Å². The fourth-order valence-corrected chi connectivity index (χ4v) is 5.32. The van der Waals surface area contributed by atoms with Crippen LogP contribution in [0.1, 0.15) is 65.9 Å². The zero-order chi connectivity index (χ0) is 24.8. The minimum atomic E-state index is -2.96. The molecule has 1 atom stereocenters. The number of amides is 2. The van der Waals surface area contributed by atoms with Gasteiger partial charge in [-0.2, -0.15) is 0 Å². The number of nitrogens with zero attached hydrogens (tertiary/aromatic N) is 3. The van der Waals surface area contributed by atoms with E-state index in [2.05, 4.69) is 20.6 Å². The van der Waals surface area contributed by atoms with Gasteiger partial charge in [-0.3, -0.25) is 9.59 Å². The summed E-state index contributed by atoms with van der Waals surface area (Å²) in [5.41, 5.74) is 1.40. The lowest BCUT2D eigenvalue weighted by atomic mass is 9.89. The minimum absolute atomic E-state index is 0.0252. The molecule has 1 aliphatic heterocycles. The summed E-state index contributed by atoms with van der Waals surface area (Å²) >= 11 is 1.04. The third-order valence-electron chi connectivity index (χ3n) is 6.05. The van der Waals surface area contributed by atoms with Gasteiger partial charge in [0.1, 0.15) is 11.5 Å². The van der Waals surface area contributed by atoms with E-state index in [4.69, 9.17) is 0 Å². The summed E-state index contributed by atoms with van der Waals surface area (Å²) in [5, 5.41) is 15.6. The number of thiazole rings is 1. The lowest BCUT2D eigenvalue weighted by molar-refractivity contribution is 0.0117. The number of carbonyl (C=O) groups is 2. The van der Waals surface area contributed by atoms with Crippen LogP contribution in [0.5, 0.6) is 0 Å². The van der Waals surface area contributed by atoms with Crippen LogP contribution in [-0.4, -0.2) is 68.5 Å². The van der Waals surface area contributed by atoms with Gasteiger partial charge >= 0.3 is 0 Å². The average molecular weight is 494 g/mol. The van der Waals surface area contributed by atoms with Gasteiger partial charge in [0.2, 0.25) is 0 Å². The summed E-state index contributed by atoms with van der Waals surface area (Å²) in [6, 6.07) is 1.21. The Balaban J connectivity index is 1.70. The van der Waals surface area contributed by atoms with Crippen molar-refractivity contribution in [2.75, 3.05) is 11.9 Å². The van der Waals surface area contributed by atoms with Gasteiger partial charge in [0, 0.05) is 36.3 Å². The maximum atomic E-state index is 14.0. The summed E-state index contributed by atoms with van der Waals surface area (Å²) in [4.78, 5) is 36.5. The first kappa shape index (κ1) is 24.5. The number of rotatable bonds is 6. The molecule has 4 rings (SSSR count). The van der Waals surface area contributed by atoms with Crippen molar-refractivity contribution < 1.29 is 23.5 Å². The second-order valence-electron chi connectivity index (χ2n) is 9.52. The van der Waals surface area contributed by atoms with Crippen LogP contribution in [0.15, 0.2) is 12.3 Å². The van der Waals surface area contributed by atoms with Crippen LogP contribution in [0.3, 0.4) is 0 Å². The maximum absolute atomic E-state index is 14.0. The van der Waals surface area contributed by atoms with E-state index in [0.29, 0.717) is 29.1 Å². The molecule has 11 heteroatoms. The molecular weight excluding hydrogens is 464 g/mol. The molecule has 2 fully saturated rings. The first-order chi connectivity index (χ1) is 15.9. The quantitative estimate of drug-likeness (QED) is 0.569. The summed E-state index contributed by atoms with van der Waals surface area (Å²) in [7, 11) is 0. The topological polar surface area (TPSA) is 107 Å². The number of likely N-dealkylation sites (tertiary alicyclic amines) is 1. The molecule has 2 aromatic rings. The predicted molar refractivity (Wildman–Crippen MR) is 125 cm³/mol. The van der Waals surface area contributed by atoms with Crippen LogP contribution in [-0.2, 0) is 0 Å². The third kappa shape index (κ3) is 5.05. The Hall–Kier alpha value is -2.66. The van der Waals surface area contributed by atoms with E-state index in [1.807, 2.05) is 26.8 Å². The maximum Gasteiger partial charge on any atom is 0.280 e. The number of aliphatic hydroxyl groups is 1. The van der Waals surface area contributed by atoms with Crippen LogP contribution in [0.25, 0.3) is 10.4 Å². The number of aryl methyl sites for hydroxylation is 1. The van der Waals surface area contributed by atoms with Crippen LogP contribution >= 0.6 is 11.3 Å². The molecule has 0 radical (unpaired) electrons. The highest BCUT2D eigenvalue weighted by molar-refractivity contribution is 7.17. The molecule has 3 N–H and O–H groups in total. The Morgan fingerprint density at radius 2 is 2.03 bits per heavy atom. The first-order valence-corrected chi connectivity index (χ1v) is 12.2. The average Bonchev–Trinajstić information content (AvgIpc) is 3.26. The molecule has 0 aromatic carbocycles. The van der Waals surface area contributed by atoms with Crippen LogP contribution in [0, 0.1) is 6.92 Å². The summed E-state index contributed by atoms with van der Waals surface area (Å²) in [5.74, 6) is -3.37. The Bertz CT molecular complexity index is 1100. The zero-order valence-electron chi connectivity index (χ0n) is 19.6. The molecule has 1 saturated heterocycles. The number of aromatic nitrogens is 2.